The highest BCUT2D eigenvalue weighted by atomic mass is 16.3. The lowest BCUT2D eigenvalue weighted by Crippen LogP contribution is -2.25. The largest absolute Gasteiger partial charge is 0.387 e. The monoisotopic (exact) mass is 321 g/mol. The molecule has 0 aliphatic rings. The van der Waals surface area contributed by atoms with Crippen LogP contribution < -0.4 is 5.32 Å². The first-order chi connectivity index (χ1) is 11.8. The standard InChI is InChI=1S/C19H19N3O2/c23-13-19(24)21-11-17-3-1-2-4-18(17)16-7-5-15(6-8-16)12-22-10-9-20-14-22/h1-10,14,23H,11-13H2,(H,21,24). The van der Waals surface area contributed by atoms with E-state index in [0.29, 0.717) is 6.54 Å². The number of carbonyl (C=O) groups is 1. The highest BCUT2D eigenvalue weighted by Crippen LogP contribution is 2.24. The van der Waals surface area contributed by atoms with E-state index in [4.69, 9.17) is 5.11 Å². The van der Waals surface area contributed by atoms with Gasteiger partial charge < -0.3 is 15.0 Å². The minimum atomic E-state index is -0.495. The third kappa shape index (κ3) is 3.88. The van der Waals surface area contributed by atoms with Gasteiger partial charge in [-0.25, -0.2) is 4.98 Å². The zero-order chi connectivity index (χ0) is 16.8. The van der Waals surface area contributed by atoms with Gasteiger partial charge in [-0.05, 0) is 22.3 Å². The van der Waals surface area contributed by atoms with E-state index < -0.39 is 6.61 Å². The van der Waals surface area contributed by atoms with Crippen LogP contribution in [-0.4, -0.2) is 27.2 Å². The molecular weight excluding hydrogens is 302 g/mol. The lowest BCUT2D eigenvalue weighted by Gasteiger charge is -2.11. The number of hydrogen-bond acceptors (Lipinski definition) is 3. The average Bonchev–Trinajstić information content (AvgIpc) is 3.13. The Morgan fingerprint density at radius 2 is 1.92 bits per heavy atom. The Bertz CT molecular complexity index is 796. The van der Waals surface area contributed by atoms with Crippen molar-refractivity contribution in [1.29, 1.82) is 0 Å². The Labute approximate surface area is 140 Å². The number of aliphatic hydroxyl groups excluding tert-OH is 1. The predicted molar refractivity (Wildman–Crippen MR) is 92.1 cm³/mol. The van der Waals surface area contributed by atoms with Crippen LogP contribution in [0.5, 0.6) is 0 Å². The molecule has 1 heterocycles. The van der Waals surface area contributed by atoms with Crippen molar-refractivity contribution in [2.24, 2.45) is 0 Å². The summed E-state index contributed by atoms with van der Waals surface area (Å²) in [7, 11) is 0. The molecule has 0 aliphatic carbocycles. The first-order valence-corrected chi connectivity index (χ1v) is 7.77. The third-order valence-electron chi connectivity index (χ3n) is 3.83. The first-order valence-electron chi connectivity index (χ1n) is 7.77. The summed E-state index contributed by atoms with van der Waals surface area (Å²) in [5.41, 5.74) is 4.38. The number of nitrogens with one attached hydrogen (secondary N) is 1. The molecule has 0 atom stereocenters. The Balaban J connectivity index is 1.77. The maximum absolute atomic E-state index is 11.3. The number of aliphatic hydroxyl groups is 1. The van der Waals surface area contributed by atoms with Crippen LogP contribution in [-0.2, 0) is 17.9 Å². The quantitative estimate of drug-likeness (QED) is 0.731. The van der Waals surface area contributed by atoms with Gasteiger partial charge in [0.2, 0.25) is 5.91 Å². The van der Waals surface area contributed by atoms with Gasteiger partial charge in [-0.2, -0.15) is 0 Å². The lowest BCUT2D eigenvalue weighted by molar-refractivity contribution is -0.123. The SMILES string of the molecule is O=C(CO)NCc1ccccc1-c1ccc(Cn2ccnc2)cc1. The second kappa shape index (κ2) is 7.57. The highest BCUT2D eigenvalue weighted by molar-refractivity contribution is 5.77. The molecule has 122 valence electrons. The van der Waals surface area contributed by atoms with Crippen molar-refractivity contribution in [3.63, 3.8) is 0 Å². The predicted octanol–water partition coefficient (Wildman–Crippen LogP) is 2.21. The van der Waals surface area contributed by atoms with Crippen LogP contribution in [0.15, 0.2) is 67.3 Å². The van der Waals surface area contributed by atoms with Crippen LogP contribution >= 0.6 is 0 Å². The Morgan fingerprint density at radius 3 is 2.62 bits per heavy atom. The van der Waals surface area contributed by atoms with Crippen molar-refractivity contribution in [2.45, 2.75) is 13.1 Å². The fourth-order valence-corrected chi connectivity index (χ4v) is 2.59. The molecule has 0 saturated heterocycles. The summed E-state index contributed by atoms with van der Waals surface area (Å²) in [5, 5.41) is 11.5. The number of carbonyl (C=O) groups excluding carboxylic acids is 1. The van der Waals surface area contributed by atoms with Crippen LogP contribution in [0.3, 0.4) is 0 Å². The summed E-state index contributed by atoms with van der Waals surface area (Å²) in [4.78, 5) is 15.3. The Kier molecular flexibility index (Phi) is 5.03. The van der Waals surface area contributed by atoms with Gasteiger partial charge in [-0.1, -0.05) is 48.5 Å². The van der Waals surface area contributed by atoms with Crippen LogP contribution in [0.4, 0.5) is 0 Å². The van der Waals surface area contributed by atoms with Crippen molar-refractivity contribution < 1.29 is 9.90 Å². The van der Waals surface area contributed by atoms with Crippen molar-refractivity contribution >= 4 is 5.91 Å². The van der Waals surface area contributed by atoms with Gasteiger partial charge in [0, 0.05) is 25.5 Å². The fraction of sp³-hybridized carbons (Fsp3) is 0.158. The molecule has 2 aromatic carbocycles. The van der Waals surface area contributed by atoms with E-state index in [1.165, 1.54) is 5.56 Å². The zero-order valence-corrected chi connectivity index (χ0v) is 13.2. The molecule has 0 bridgehead atoms. The number of benzene rings is 2. The van der Waals surface area contributed by atoms with E-state index in [1.54, 1.807) is 12.5 Å². The highest BCUT2D eigenvalue weighted by Gasteiger charge is 2.06. The Hall–Kier alpha value is -2.92. The maximum atomic E-state index is 11.3. The second-order valence-corrected chi connectivity index (χ2v) is 5.52. The van der Waals surface area contributed by atoms with Gasteiger partial charge in [0.1, 0.15) is 6.61 Å². The minimum absolute atomic E-state index is 0.375. The van der Waals surface area contributed by atoms with Crippen molar-refractivity contribution in [1.82, 2.24) is 14.9 Å². The van der Waals surface area contributed by atoms with Crippen molar-refractivity contribution in [3.05, 3.63) is 78.4 Å². The van der Waals surface area contributed by atoms with E-state index in [1.807, 2.05) is 35.0 Å². The molecule has 0 saturated carbocycles. The molecule has 5 nitrogen and oxygen atoms in total. The summed E-state index contributed by atoms with van der Waals surface area (Å²) in [6, 6.07) is 16.3. The third-order valence-corrected chi connectivity index (χ3v) is 3.83. The van der Waals surface area contributed by atoms with Crippen LogP contribution in [0.1, 0.15) is 11.1 Å². The van der Waals surface area contributed by atoms with Gasteiger partial charge in [-0.15, -0.1) is 0 Å². The van der Waals surface area contributed by atoms with E-state index in [0.717, 1.165) is 23.2 Å². The molecule has 0 fully saturated rings. The summed E-state index contributed by atoms with van der Waals surface area (Å²) in [6.45, 7) is 0.686. The fourth-order valence-electron chi connectivity index (χ4n) is 2.59. The minimum Gasteiger partial charge on any atom is -0.387 e. The summed E-state index contributed by atoms with van der Waals surface area (Å²) >= 11 is 0. The molecule has 5 heteroatoms. The molecule has 0 radical (unpaired) electrons. The maximum Gasteiger partial charge on any atom is 0.245 e. The van der Waals surface area contributed by atoms with E-state index >= 15 is 0 Å². The van der Waals surface area contributed by atoms with E-state index in [9.17, 15) is 4.79 Å². The number of imidazole rings is 1. The number of nitrogens with zero attached hydrogens (tertiary/aromatic N) is 2. The van der Waals surface area contributed by atoms with Gasteiger partial charge in [0.15, 0.2) is 0 Å². The zero-order valence-electron chi connectivity index (χ0n) is 13.2. The lowest BCUT2D eigenvalue weighted by atomic mass is 9.98. The van der Waals surface area contributed by atoms with Crippen molar-refractivity contribution in [2.75, 3.05) is 6.61 Å². The molecule has 3 rings (SSSR count). The molecule has 3 aromatic rings. The van der Waals surface area contributed by atoms with Crippen LogP contribution in [0.25, 0.3) is 11.1 Å². The van der Waals surface area contributed by atoms with Crippen LogP contribution in [0, 0.1) is 0 Å². The molecule has 24 heavy (non-hydrogen) atoms. The number of aromatic nitrogens is 2. The average molecular weight is 321 g/mol. The van der Waals surface area contributed by atoms with Gasteiger partial charge in [0.25, 0.3) is 0 Å². The number of amides is 1. The Morgan fingerprint density at radius 1 is 1.12 bits per heavy atom. The van der Waals surface area contributed by atoms with Gasteiger partial charge in [0.05, 0.1) is 6.33 Å². The van der Waals surface area contributed by atoms with E-state index in [2.05, 4.69) is 34.6 Å². The first kappa shape index (κ1) is 16.0. The summed E-state index contributed by atoms with van der Waals surface area (Å²) in [6.07, 6.45) is 5.51. The van der Waals surface area contributed by atoms with Gasteiger partial charge >= 0.3 is 0 Å². The van der Waals surface area contributed by atoms with Gasteiger partial charge in [-0.3, -0.25) is 4.79 Å². The second-order valence-electron chi connectivity index (χ2n) is 5.52. The molecule has 0 aliphatic heterocycles. The molecular formula is C19H19N3O2. The number of rotatable bonds is 6. The molecule has 1 amide bonds. The summed E-state index contributed by atoms with van der Waals surface area (Å²) in [5.74, 6) is -0.375. The topological polar surface area (TPSA) is 67.2 Å². The summed E-state index contributed by atoms with van der Waals surface area (Å²) < 4.78 is 2.02. The number of hydrogen-bond donors (Lipinski definition) is 2. The normalized spacial score (nSPS) is 10.5. The van der Waals surface area contributed by atoms with Crippen molar-refractivity contribution in [3.8, 4) is 11.1 Å². The molecule has 2 N–H and O–H groups in total. The smallest absolute Gasteiger partial charge is 0.245 e. The molecule has 0 unspecified atom stereocenters. The van der Waals surface area contributed by atoms with E-state index in [-0.39, 0.29) is 5.91 Å². The molecule has 1 aromatic heterocycles. The molecule has 0 spiro atoms. The van der Waals surface area contributed by atoms with Crippen LogP contribution in [0.2, 0.25) is 0 Å².